The third kappa shape index (κ3) is 2.72. The number of carbonyl (C=O) groups is 3. The number of likely N-dealkylation sites (tertiary alicyclic amines) is 1. The largest absolute Gasteiger partial charge is 0.460 e. The molecule has 0 aromatic heterocycles. The van der Waals surface area contributed by atoms with Crippen LogP contribution in [-0.4, -0.2) is 40.6 Å². The second-order valence-corrected chi connectivity index (χ2v) is 6.07. The van der Waals surface area contributed by atoms with Crippen LogP contribution in [0.1, 0.15) is 40.5 Å². The SMILES string of the molecule is CC(=O)O[C@H]1C[C@H]2C[C@@H]1N(C(=O)OC(C)(C)C)C2=O. The highest BCUT2D eigenvalue weighted by Gasteiger charge is 2.55. The number of hydrogen-bond donors (Lipinski definition) is 0. The van der Waals surface area contributed by atoms with Gasteiger partial charge in [0.2, 0.25) is 5.91 Å². The number of hydrogen-bond acceptors (Lipinski definition) is 5. The lowest BCUT2D eigenvalue weighted by Crippen LogP contribution is -2.50. The van der Waals surface area contributed by atoms with Crippen LogP contribution in [-0.2, 0) is 19.1 Å². The van der Waals surface area contributed by atoms with Crippen molar-refractivity contribution < 1.29 is 23.9 Å². The summed E-state index contributed by atoms with van der Waals surface area (Å²) < 4.78 is 10.4. The average Bonchev–Trinajstić information content (AvgIpc) is 2.71. The van der Waals surface area contributed by atoms with Crippen LogP contribution in [0.25, 0.3) is 0 Å². The van der Waals surface area contributed by atoms with Crippen molar-refractivity contribution in [1.29, 1.82) is 0 Å². The zero-order chi connectivity index (χ0) is 14.4. The monoisotopic (exact) mass is 269 g/mol. The predicted octanol–water partition coefficient (Wildman–Crippen LogP) is 1.47. The zero-order valence-electron chi connectivity index (χ0n) is 11.6. The standard InChI is InChI=1S/C13H19NO5/c1-7(15)18-10-6-8-5-9(10)14(11(8)16)12(17)19-13(2,3)4/h8-10H,5-6H2,1-4H3/t8-,9+,10+/m1/s1. The van der Waals surface area contributed by atoms with E-state index >= 15 is 0 Å². The summed E-state index contributed by atoms with van der Waals surface area (Å²) in [6.07, 6.45) is 0.00727. The van der Waals surface area contributed by atoms with Crippen LogP contribution in [0.4, 0.5) is 4.79 Å². The van der Waals surface area contributed by atoms with Crippen LogP contribution >= 0.6 is 0 Å². The van der Waals surface area contributed by atoms with Crippen molar-refractivity contribution in [3.8, 4) is 0 Å². The molecule has 6 nitrogen and oxygen atoms in total. The number of piperidine rings is 1. The van der Waals surface area contributed by atoms with Crippen molar-refractivity contribution in [3.63, 3.8) is 0 Å². The predicted molar refractivity (Wildman–Crippen MR) is 65.1 cm³/mol. The highest BCUT2D eigenvalue weighted by Crippen LogP contribution is 2.41. The fourth-order valence-corrected chi connectivity index (χ4v) is 2.69. The molecule has 1 aliphatic heterocycles. The van der Waals surface area contributed by atoms with Gasteiger partial charge in [0.25, 0.3) is 0 Å². The molecule has 2 aliphatic rings. The number of rotatable bonds is 1. The maximum absolute atomic E-state index is 12.0. The van der Waals surface area contributed by atoms with Gasteiger partial charge in [-0.3, -0.25) is 9.59 Å². The summed E-state index contributed by atoms with van der Waals surface area (Å²) in [6.45, 7) is 6.55. The van der Waals surface area contributed by atoms with Crippen LogP contribution in [0.15, 0.2) is 0 Å². The maximum atomic E-state index is 12.0. The summed E-state index contributed by atoms with van der Waals surface area (Å²) in [5.74, 6) is -0.848. The second kappa shape index (κ2) is 4.51. The summed E-state index contributed by atoms with van der Waals surface area (Å²) in [7, 11) is 0. The first-order chi connectivity index (χ1) is 8.69. The molecule has 2 amide bonds. The van der Waals surface area contributed by atoms with Crippen LogP contribution in [0.3, 0.4) is 0 Å². The fourth-order valence-electron chi connectivity index (χ4n) is 2.69. The van der Waals surface area contributed by atoms with Crippen molar-refractivity contribution in [3.05, 3.63) is 0 Å². The number of carbonyl (C=O) groups excluding carboxylic acids is 3. The highest BCUT2D eigenvalue weighted by molar-refractivity contribution is 5.96. The van der Waals surface area contributed by atoms with E-state index in [1.54, 1.807) is 20.8 Å². The van der Waals surface area contributed by atoms with Crippen LogP contribution in [0, 0.1) is 5.92 Å². The molecule has 0 radical (unpaired) electrons. The Balaban J connectivity index is 2.10. The van der Waals surface area contributed by atoms with E-state index in [0.29, 0.717) is 12.8 Å². The van der Waals surface area contributed by atoms with Gasteiger partial charge in [0.15, 0.2) is 0 Å². The third-order valence-corrected chi connectivity index (χ3v) is 3.30. The lowest BCUT2D eigenvalue weighted by molar-refractivity contribution is -0.154. The molecule has 0 spiro atoms. The van der Waals surface area contributed by atoms with Crippen molar-refractivity contribution in [2.45, 2.75) is 58.3 Å². The number of nitrogens with zero attached hydrogens (tertiary/aromatic N) is 1. The Morgan fingerprint density at radius 2 is 1.89 bits per heavy atom. The quantitative estimate of drug-likeness (QED) is 0.674. The zero-order valence-corrected chi connectivity index (χ0v) is 11.6. The molecule has 0 aromatic rings. The molecular formula is C13H19NO5. The molecule has 0 aromatic carbocycles. The number of ether oxygens (including phenoxy) is 2. The van der Waals surface area contributed by atoms with Gasteiger partial charge in [-0.1, -0.05) is 0 Å². The summed E-state index contributed by atoms with van der Waals surface area (Å²) in [4.78, 5) is 36.2. The molecule has 6 heteroatoms. The van der Waals surface area contributed by atoms with Gasteiger partial charge in [0.1, 0.15) is 11.7 Å². The Hall–Kier alpha value is -1.59. The van der Waals surface area contributed by atoms with E-state index in [9.17, 15) is 14.4 Å². The smallest absolute Gasteiger partial charge is 0.417 e. The van der Waals surface area contributed by atoms with E-state index in [4.69, 9.17) is 9.47 Å². The van der Waals surface area contributed by atoms with E-state index < -0.39 is 23.8 Å². The van der Waals surface area contributed by atoms with E-state index in [2.05, 4.69) is 0 Å². The van der Waals surface area contributed by atoms with Gasteiger partial charge in [0.05, 0.1) is 6.04 Å². The Morgan fingerprint density at radius 1 is 1.26 bits per heavy atom. The topological polar surface area (TPSA) is 72.9 Å². The third-order valence-electron chi connectivity index (χ3n) is 3.30. The molecule has 1 heterocycles. The van der Waals surface area contributed by atoms with Crippen molar-refractivity contribution in [2.75, 3.05) is 0 Å². The van der Waals surface area contributed by atoms with E-state index in [1.807, 2.05) is 0 Å². The minimum Gasteiger partial charge on any atom is -0.460 e. The van der Waals surface area contributed by atoms with Gasteiger partial charge in [-0.2, -0.15) is 0 Å². The Morgan fingerprint density at radius 3 is 2.37 bits per heavy atom. The normalized spacial score (nSPS) is 29.6. The van der Waals surface area contributed by atoms with Crippen molar-refractivity contribution in [1.82, 2.24) is 4.90 Å². The van der Waals surface area contributed by atoms with Gasteiger partial charge in [0, 0.05) is 12.8 Å². The Bertz CT molecular complexity index is 425. The van der Waals surface area contributed by atoms with Gasteiger partial charge in [-0.25, -0.2) is 9.69 Å². The molecule has 1 aliphatic carbocycles. The molecular weight excluding hydrogens is 250 g/mol. The molecule has 0 unspecified atom stereocenters. The number of amides is 2. The van der Waals surface area contributed by atoms with E-state index in [1.165, 1.54) is 6.92 Å². The summed E-state index contributed by atoms with van der Waals surface area (Å²) in [5.41, 5.74) is -0.657. The first-order valence-corrected chi connectivity index (χ1v) is 6.42. The van der Waals surface area contributed by atoms with E-state index in [-0.39, 0.29) is 17.9 Å². The molecule has 1 saturated heterocycles. The lowest BCUT2D eigenvalue weighted by Gasteiger charge is -2.32. The maximum Gasteiger partial charge on any atom is 0.417 e. The van der Waals surface area contributed by atoms with Gasteiger partial charge < -0.3 is 9.47 Å². The van der Waals surface area contributed by atoms with Crippen molar-refractivity contribution >= 4 is 18.0 Å². The molecule has 2 bridgehead atoms. The summed E-state index contributed by atoms with van der Waals surface area (Å²) in [5, 5.41) is 0. The second-order valence-electron chi connectivity index (χ2n) is 6.07. The molecule has 0 N–H and O–H groups in total. The van der Waals surface area contributed by atoms with Crippen molar-refractivity contribution in [2.24, 2.45) is 5.92 Å². The Labute approximate surface area is 112 Å². The summed E-state index contributed by atoms with van der Waals surface area (Å²) in [6, 6.07) is -0.378. The molecule has 1 saturated carbocycles. The highest BCUT2D eigenvalue weighted by atomic mass is 16.6. The first-order valence-electron chi connectivity index (χ1n) is 6.42. The van der Waals surface area contributed by atoms with E-state index in [0.717, 1.165) is 4.90 Å². The molecule has 3 atom stereocenters. The van der Waals surface area contributed by atoms with Gasteiger partial charge in [-0.15, -0.1) is 0 Å². The van der Waals surface area contributed by atoms with Crippen LogP contribution in [0.2, 0.25) is 0 Å². The number of imide groups is 1. The summed E-state index contributed by atoms with van der Waals surface area (Å²) >= 11 is 0. The number of fused-ring (bicyclic) bond motifs is 2. The molecule has 19 heavy (non-hydrogen) atoms. The molecule has 2 fully saturated rings. The molecule has 2 rings (SSSR count). The van der Waals surface area contributed by atoms with Crippen LogP contribution in [0.5, 0.6) is 0 Å². The average molecular weight is 269 g/mol. The van der Waals surface area contributed by atoms with Crippen LogP contribution < -0.4 is 0 Å². The number of esters is 1. The lowest BCUT2D eigenvalue weighted by atomic mass is 10.1. The van der Waals surface area contributed by atoms with Gasteiger partial charge in [-0.05, 0) is 33.6 Å². The fraction of sp³-hybridized carbons (Fsp3) is 0.769. The molecule has 106 valence electrons. The minimum absolute atomic E-state index is 0.220. The Kier molecular flexibility index (Phi) is 3.28. The minimum atomic E-state index is -0.657. The first kappa shape index (κ1) is 13.8. The van der Waals surface area contributed by atoms with Gasteiger partial charge >= 0.3 is 12.1 Å².